The maximum absolute atomic E-state index is 2.47. The minimum absolute atomic E-state index is 1.12. The van der Waals surface area contributed by atoms with Crippen molar-refractivity contribution in [1.82, 2.24) is 4.57 Å². The molecule has 0 fully saturated rings. The first kappa shape index (κ1) is 28.4. The van der Waals surface area contributed by atoms with E-state index in [4.69, 9.17) is 0 Å². The van der Waals surface area contributed by atoms with Crippen molar-refractivity contribution in [2.45, 2.75) is 0 Å². The van der Waals surface area contributed by atoms with E-state index >= 15 is 0 Å². The first-order valence-electron chi connectivity index (χ1n) is 17.4. The highest BCUT2D eigenvalue weighted by molar-refractivity contribution is 7.25. The molecule has 11 aromatic rings. The van der Waals surface area contributed by atoms with E-state index in [0.717, 1.165) is 22.7 Å². The fourth-order valence-electron chi connectivity index (χ4n) is 8.26. The Balaban J connectivity index is 1.22. The van der Waals surface area contributed by atoms with Crippen molar-refractivity contribution in [3.05, 3.63) is 182 Å². The first-order chi connectivity index (χ1) is 25.3. The number of fused-ring (bicyclic) bond motifs is 11. The molecule has 238 valence electrons. The van der Waals surface area contributed by atoms with Crippen molar-refractivity contribution in [2.24, 2.45) is 0 Å². The number of thiophene rings is 1. The summed E-state index contributed by atoms with van der Waals surface area (Å²) in [7, 11) is 0. The van der Waals surface area contributed by atoms with Crippen LogP contribution in [0.3, 0.4) is 0 Å². The molecule has 51 heavy (non-hydrogen) atoms. The Labute approximate surface area is 298 Å². The molecule has 0 saturated carbocycles. The van der Waals surface area contributed by atoms with Gasteiger partial charge in [-0.3, -0.25) is 0 Å². The van der Waals surface area contributed by atoms with Crippen LogP contribution >= 0.6 is 11.3 Å². The SMILES string of the molecule is c1ccc(-n2c3ccccc3c3cccc(N(c4ccc5c(ccc6c7ccccc7ccc56)c4)c4ccc5sc6ccccc6c5c4)c32)cc1. The van der Waals surface area contributed by atoms with Gasteiger partial charge in [0.15, 0.2) is 0 Å². The summed E-state index contributed by atoms with van der Waals surface area (Å²) >= 11 is 1.86. The number of rotatable bonds is 4. The fraction of sp³-hybridized carbons (Fsp3) is 0. The van der Waals surface area contributed by atoms with Crippen LogP contribution in [0.25, 0.3) is 80.0 Å². The largest absolute Gasteiger partial charge is 0.308 e. The van der Waals surface area contributed by atoms with Gasteiger partial charge in [-0.25, -0.2) is 0 Å². The van der Waals surface area contributed by atoms with Crippen molar-refractivity contribution >= 4 is 103 Å². The maximum Gasteiger partial charge on any atom is 0.0782 e. The van der Waals surface area contributed by atoms with Crippen molar-refractivity contribution in [3.8, 4) is 5.69 Å². The summed E-state index contributed by atoms with van der Waals surface area (Å²) in [6.45, 7) is 0. The van der Waals surface area contributed by atoms with Crippen LogP contribution in [0.5, 0.6) is 0 Å². The second-order valence-electron chi connectivity index (χ2n) is 13.3. The molecule has 0 unspecified atom stereocenters. The van der Waals surface area contributed by atoms with Crippen molar-refractivity contribution < 1.29 is 0 Å². The monoisotopic (exact) mass is 666 g/mol. The highest BCUT2D eigenvalue weighted by atomic mass is 32.1. The Morgan fingerprint density at radius 1 is 0.373 bits per heavy atom. The van der Waals surface area contributed by atoms with Gasteiger partial charge in [0.2, 0.25) is 0 Å². The zero-order chi connectivity index (χ0) is 33.5. The number of nitrogens with zero attached hydrogens (tertiary/aromatic N) is 2. The van der Waals surface area contributed by atoms with Gasteiger partial charge in [-0.15, -0.1) is 11.3 Å². The molecule has 0 amide bonds. The second kappa shape index (κ2) is 11.0. The zero-order valence-corrected chi connectivity index (χ0v) is 28.4. The van der Waals surface area contributed by atoms with Crippen molar-refractivity contribution in [3.63, 3.8) is 0 Å². The van der Waals surface area contributed by atoms with Crippen LogP contribution in [0.2, 0.25) is 0 Å². The van der Waals surface area contributed by atoms with Crippen LogP contribution in [-0.2, 0) is 0 Å². The molecule has 0 radical (unpaired) electrons. The van der Waals surface area contributed by atoms with Gasteiger partial charge in [0.25, 0.3) is 0 Å². The third-order valence-corrected chi connectivity index (χ3v) is 11.7. The molecule has 0 N–H and O–H groups in total. The predicted molar refractivity (Wildman–Crippen MR) is 221 cm³/mol. The molecule has 2 aromatic heterocycles. The van der Waals surface area contributed by atoms with E-state index in [2.05, 4.69) is 191 Å². The molecule has 0 atom stereocenters. The highest BCUT2D eigenvalue weighted by Crippen LogP contribution is 2.46. The van der Waals surface area contributed by atoms with E-state index in [0.29, 0.717) is 0 Å². The summed E-state index contributed by atoms with van der Waals surface area (Å²) in [5.74, 6) is 0. The Kier molecular flexibility index (Phi) is 6.16. The third-order valence-electron chi connectivity index (χ3n) is 10.5. The van der Waals surface area contributed by atoms with Crippen LogP contribution in [0, 0.1) is 0 Å². The van der Waals surface area contributed by atoms with E-state index in [9.17, 15) is 0 Å². The average Bonchev–Trinajstić information content (AvgIpc) is 3.74. The molecule has 0 saturated heterocycles. The second-order valence-corrected chi connectivity index (χ2v) is 14.4. The predicted octanol–water partition coefficient (Wildman–Crippen LogP) is 14.1. The number of benzene rings is 9. The van der Waals surface area contributed by atoms with Crippen molar-refractivity contribution in [2.75, 3.05) is 4.90 Å². The number of hydrogen-bond donors (Lipinski definition) is 0. The van der Waals surface area contributed by atoms with Gasteiger partial charge in [-0.05, 0) is 93.0 Å². The third kappa shape index (κ3) is 4.29. The fourth-order valence-corrected chi connectivity index (χ4v) is 9.35. The zero-order valence-electron chi connectivity index (χ0n) is 27.6. The van der Waals surface area contributed by atoms with Gasteiger partial charge in [0, 0.05) is 48.0 Å². The number of hydrogen-bond acceptors (Lipinski definition) is 2. The summed E-state index contributed by atoms with van der Waals surface area (Å²) in [6.07, 6.45) is 0. The van der Waals surface area contributed by atoms with E-state index in [1.165, 1.54) is 74.3 Å². The molecule has 0 aliphatic rings. The number of anilines is 3. The van der Waals surface area contributed by atoms with Gasteiger partial charge < -0.3 is 9.47 Å². The molecule has 0 spiro atoms. The molecule has 11 rings (SSSR count). The Morgan fingerprint density at radius 2 is 1.00 bits per heavy atom. The van der Waals surface area contributed by atoms with E-state index in [-0.39, 0.29) is 0 Å². The van der Waals surface area contributed by atoms with Gasteiger partial charge in [0.05, 0.1) is 16.7 Å². The van der Waals surface area contributed by atoms with Crippen LogP contribution in [0.1, 0.15) is 0 Å². The lowest BCUT2D eigenvalue weighted by molar-refractivity contribution is 1.17. The minimum Gasteiger partial charge on any atom is -0.308 e. The summed E-state index contributed by atoms with van der Waals surface area (Å²) < 4.78 is 5.05. The van der Waals surface area contributed by atoms with Gasteiger partial charge in [-0.2, -0.15) is 0 Å². The van der Waals surface area contributed by atoms with Crippen LogP contribution < -0.4 is 4.90 Å². The Morgan fingerprint density at radius 3 is 1.88 bits per heavy atom. The minimum atomic E-state index is 1.12. The summed E-state index contributed by atoms with van der Waals surface area (Å²) in [4.78, 5) is 2.47. The Hall–Kier alpha value is -6.42. The lowest BCUT2D eigenvalue weighted by Gasteiger charge is -2.27. The molecule has 2 heterocycles. The van der Waals surface area contributed by atoms with Crippen LogP contribution in [0.15, 0.2) is 182 Å². The normalized spacial score (nSPS) is 11.9. The lowest BCUT2D eigenvalue weighted by Crippen LogP contribution is -2.11. The summed E-state index contributed by atoms with van der Waals surface area (Å²) in [6, 6.07) is 66.9. The first-order valence-corrected chi connectivity index (χ1v) is 18.3. The number of aromatic nitrogens is 1. The molecule has 2 nitrogen and oxygen atoms in total. The molecular weight excluding hydrogens is 637 g/mol. The van der Waals surface area contributed by atoms with E-state index in [1.807, 2.05) is 11.3 Å². The molecule has 0 aliphatic heterocycles. The summed E-state index contributed by atoms with van der Waals surface area (Å²) in [5, 5.41) is 12.7. The lowest BCUT2D eigenvalue weighted by atomic mass is 9.96. The van der Waals surface area contributed by atoms with Crippen LogP contribution in [-0.4, -0.2) is 4.57 Å². The van der Waals surface area contributed by atoms with Gasteiger partial charge >= 0.3 is 0 Å². The molecule has 3 heteroatoms. The molecule has 0 aliphatic carbocycles. The smallest absolute Gasteiger partial charge is 0.0782 e. The average molecular weight is 667 g/mol. The van der Waals surface area contributed by atoms with E-state index in [1.54, 1.807) is 0 Å². The Bertz CT molecular complexity index is 3150. The quantitative estimate of drug-likeness (QED) is 0.170. The van der Waals surface area contributed by atoms with E-state index < -0.39 is 0 Å². The van der Waals surface area contributed by atoms with Gasteiger partial charge in [0.1, 0.15) is 0 Å². The standard InChI is InChI=1S/C48H30N2S/c1-2-12-33(13-3-1)50-44-18-8-6-15-40(44)42-17-10-19-45(48(42)50)49(35-24-28-47-43(30-35)41-16-7-9-20-46(41)51-47)34-23-27-37-32(29-34)22-26-38-36-14-5-4-11-31(36)21-25-39(37)38/h1-30H. The number of para-hydroxylation sites is 3. The van der Waals surface area contributed by atoms with Crippen molar-refractivity contribution in [1.29, 1.82) is 0 Å². The molecule has 0 bridgehead atoms. The molecule has 9 aromatic carbocycles. The van der Waals surface area contributed by atoms with Gasteiger partial charge in [-0.1, -0.05) is 121 Å². The summed E-state index contributed by atoms with van der Waals surface area (Å²) in [5.41, 5.74) is 6.92. The maximum atomic E-state index is 2.47. The molecular formula is C48H30N2S. The highest BCUT2D eigenvalue weighted by Gasteiger charge is 2.22. The topological polar surface area (TPSA) is 8.17 Å². The van der Waals surface area contributed by atoms with Crippen LogP contribution in [0.4, 0.5) is 17.1 Å².